The topological polar surface area (TPSA) is 85.7 Å². The quantitative estimate of drug-likeness (QED) is 0.728. The van der Waals surface area contributed by atoms with E-state index in [1.54, 1.807) is 22.8 Å². The van der Waals surface area contributed by atoms with Crippen LogP contribution in [0.25, 0.3) is 16.8 Å². The van der Waals surface area contributed by atoms with Crippen LogP contribution in [-0.2, 0) is 0 Å². The van der Waals surface area contributed by atoms with Gasteiger partial charge in [-0.15, -0.1) is 5.10 Å². The van der Waals surface area contributed by atoms with Crippen LogP contribution in [0.4, 0.5) is 5.95 Å². The molecule has 19 heavy (non-hydrogen) atoms. The summed E-state index contributed by atoms with van der Waals surface area (Å²) in [7, 11) is 1.51. The normalized spacial score (nSPS) is 10.8. The molecule has 0 aliphatic rings. The Morgan fingerprint density at radius 3 is 2.74 bits per heavy atom. The summed E-state index contributed by atoms with van der Waals surface area (Å²) in [5.41, 5.74) is 7.98. The van der Waals surface area contributed by atoms with Crippen molar-refractivity contribution >= 4 is 11.6 Å². The lowest BCUT2D eigenvalue weighted by Gasteiger charge is -2.06. The van der Waals surface area contributed by atoms with Gasteiger partial charge in [-0.2, -0.15) is 4.98 Å². The molecule has 3 N–H and O–H groups in total. The van der Waals surface area contributed by atoms with E-state index in [1.807, 2.05) is 18.2 Å². The Hall–Kier alpha value is -2.76. The maximum atomic E-state index is 9.79. The summed E-state index contributed by atoms with van der Waals surface area (Å²) in [5.74, 6) is 0.766. The Bertz CT molecular complexity index is 751. The van der Waals surface area contributed by atoms with E-state index in [1.165, 1.54) is 7.11 Å². The standard InChI is InChI=1S/C13H12N4O2/c1-19-11-4-2-8(6-10(11)18)9-3-5-12-15-13(14)16-17(12)7-9/h2-7,18H,1H3,(H2,14,16). The summed E-state index contributed by atoms with van der Waals surface area (Å²) < 4.78 is 6.62. The third-order valence-electron chi connectivity index (χ3n) is 2.86. The van der Waals surface area contributed by atoms with Gasteiger partial charge in [0, 0.05) is 11.8 Å². The van der Waals surface area contributed by atoms with Gasteiger partial charge in [0.2, 0.25) is 5.95 Å². The van der Waals surface area contributed by atoms with Crippen LogP contribution in [0.3, 0.4) is 0 Å². The zero-order valence-corrected chi connectivity index (χ0v) is 10.2. The molecule has 0 saturated carbocycles. The lowest BCUT2D eigenvalue weighted by molar-refractivity contribution is 0.373. The van der Waals surface area contributed by atoms with Crippen LogP contribution in [0.5, 0.6) is 11.5 Å². The molecule has 96 valence electrons. The number of aromatic nitrogens is 3. The summed E-state index contributed by atoms with van der Waals surface area (Å²) in [6, 6.07) is 8.93. The first-order valence-corrected chi connectivity index (χ1v) is 5.66. The molecule has 6 heteroatoms. The number of hydrogen-bond acceptors (Lipinski definition) is 5. The van der Waals surface area contributed by atoms with E-state index in [0.717, 1.165) is 11.1 Å². The molecule has 0 saturated heterocycles. The van der Waals surface area contributed by atoms with Gasteiger partial charge in [0.25, 0.3) is 0 Å². The number of phenolic OH excluding ortho intramolecular Hbond substituents is 1. The highest BCUT2D eigenvalue weighted by atomic mass is 16.5. The van der Waals surface area contributed by atoms with Gasteiger partial charge in [-0.1, -0.05) is 6.07 Å². The van der Waals surface area contributed by atoms with Crippen LogP contribution >= 0.6 is 0 Å². The molecule has 1 aromatic carbocycles. The van der Waals surface area contributed by atoms with E-state index in [-0.39, 0.29) is 11.7 Å². The molecule has 0 atom stereocenters. The number of ether oxygens (including phenoxy) is 1. The Balaban J connectivity index is 2.10. The largest absolute Gasteiger partial charge is 0.504 e. The van der Waals surface area contributed by atoms with Crippen molar-refractivity contribution in [2.75, 3.05) is 12.8 Å². The average molecular weight is 256 g/mol. The highest BCUT2D eigenvalue weighted by molar-refractivity contribution is 5.67. The van der Waals surface area contributed by atoms with Gasteiger partial charge in [0.05, 0.1) is 7.11 Å². The van der Waals surface area contributed by atoms with E-state index in [0.29, 0.717) is 11.4 Å². The average Bonchev–Trinajstić information content (AvgIpc) is 2.77. The second-order valence-electron chi connectivity index (χ2n) is 4.08. The van der Waals surface area contributed by atoms with E-state index in [2.05, 4.69) is 10.1 Å². The lowest BCUT2D eigenvalue weighted by Crippen LogP contribution is -1.90. The van der Waals surface area contributed by atoms with E-state index in [9.17, 15) is 5.11 Å². The number of phenols is 1. The maximum absolute atomic E-state index is 9.79. The van der Waals surface area contributed by atoms with Gasteiger partial charge in [-0.05, 0) is 29.8 Å². The number of anilines is 1. The van der Waals surface area contributed by atoms with E-state index >= 15 is 0 Å². The van der Waals surface area contributed by atoms with Crippen LogP contribution in [0.15, 0.2) is 36.5 Å². The fraction of sp³-hybridized carbons (Fsp3) is 0.0769. The number of nitrogens with zero attached hydrogens (tertiary/aromatic N) is 3. The van der Waals surface area contributed by atoms with Crippen molar-refractivity contribution in [3.8, 4) is 22.6 Å². The van der Waals surface area contributed by atoms with Crippen molar-refractivity contribution in [2.24, 2.45) is 0 Å². The number of benzene rings is 1. The molecule has 0 aliphatic carbocycles. The number of methoxy groups -OCH3 is 1. The van der Waals surface area contributed by atoms with Crippen LogP contribution < -0.4 is 10.5 Å². The van der Waals surface area contributed by atoms with Crippen LogP contribution in [0, 0.1) is 0 Å². The number of aromatic hydroxyl groups is 1. The molecule has 2 aromatic heterocycles. The molecule has 0 amide bonds. The zero-order chi connectivity index (χ0) is 13.4. The van der Waals surface area contributed by atoms with Gasteiger partial charge >= 0.3 is 0 Å². The first kappa shape index (κ1) is 11.3. The van der Waals surface area contributed by atoms with Crippen molar-refractivity contribution < 1.29 is 9.84 Å². The molecule has 6 nitrogen and oxygen atoms in total. The first-order valence-electron chi connectivity index (χ1n) is 5.66. The molecule has 0 unspecified atom stereocenters. The summed E-state index contributed by atoms with van der Waals surface area (Å²) in [5, 5.41) is 13.8. The first-order chi connectivity index (χ1) is 9.17. The fourth-order valence-corrected chi connectivity index (χ4v) is 1.94. The summed E-state index contributed by atoms with van der Waals surface area (Å²) in [6.45, 7) is 0. The minimum atomic E-state index is 0.0956. The molecular weight excluding hydrogens is 244 g/mol. The molecule has 0 radical (unpaired) electrons. The zero-order valence-electron chi connectivity index (χ0n) is 10.2. The molecule has 0 spiro atoms. The van der Waals surface area contributed by atoms with Crippen LogP contribution in [0.1, 0.15) is 0 Å². The predicted octanol–water partition coefficient (Wildman–Crippen LogP) is 1.69. The smallest absolute Gasteiger partial charge is 0.240 e. The van der Waals surface area contributed by atoms with E-state index in [4.69, 9.17) is 10.5 Å². The number of pyridine rings is 1. The van der Waals surface area contributed by atoms with Gasteiger partial charge in [-0.25, -0.2) is 4.52 Å². The third-order valence-corrected chi connectivity index (χ3v) is 2.86. The Kier molecular flexibility index (Phi) is 2.49. The molecule has 3 rings (SSSR count). The number of fused-ring (bicyclic) bond motifs is 1. The second kappa shape index (κ2) is 4.16. The number of rotatable bonds is 2. The Morgan fingerprint density at radius 2 is 2.00 bits per heavy atom. The molecule has 0 aliphatic heterocycles. The van der Waals surface area contributed by atoms with E-state index < -0.39 is 0 Å². The summed E-state index contributed by atoms with van der Waals surface area (Å²) in [6.07, 6.45) is 1.81. The van der Waals surface area contributed by atoms with Crippen LogP contribution in [-0.4, -0.2) is 26.8 Å². The monoisotopic (exact) mass is 256 g/mol. The predicted molar refractivity (Wildman–Crippen MR) is 71.1 cm³/mol. The van der Waals surface area contributed by atoms with Crippen molar-refractivity contribution in [1.82, 2.24) is 14.6 Å². The second-order valence-corrected chi connectivity index (χ2v) is 4.08. The molecule has 0 bridgehead atoms. The van der Waals surface area contributed by atoms with Crippen molar-refractivity contribution in [1.29, 1.82) is 0 Å². The molecule has 2 heterocycles. The SMILES string of the molecule is COc1ccc(-c2ccc3nc(N)nn3c2)cc1O. The number of nitrogen functional groups attached to an aromatic ring is 1. The van der Waals surface area contributed by atoms with Gasteiger partial charge in [0.1, 0.15) is 0 Å². The van der Waals surface area contributed by atoms with Crippen molar-refractivity contribution in [3.05, 3.63) is 36.5 Å². The minimum absolute atomic E-state index is 0.0956. The summed E-state index contributed by atoms with van der Waals surface area (Å²) >= 11 is 0. The Labute approximate surface area is 109 Å². The third kappa shape index (κ3) is 1.93. The summed E-state index contributed by atoms with van der Waals surface area (Å²) in [4.78, 5) is 4.05. The molecular formula is C13H12N4O2. The van der Waals surface area contributed by atoms with Gasteiger partial charge in [0.15, 0.2) is 17.1 Å². The van der Waals surface area contributed by atoms with Gasteiger partial charge in [-0.3, -0.25) is 0 Å². The highest BCUT2D eigenvalue weighted by Gasteiger charge is 2.06. The van der Waals surface area contributed by atoms with Crippen LogP contribution in [0.2, 0.25) is 0 Å². The molecule has 0 fully saturated rings. The Morgan fingerprint density at radius 1 is 1.21 bits per heavy atom. The molecule has 3 aromatic rings. The number of hydrogen-bond donors (Lipinski definition) is 2. The number of nitrogens with two attached hydrogens (primary N) is 1. The van der Waals surface area contributed by atoms with Crippen molar-refractivity contribution in [2.45, 2.75) is 0 Å². The fourth-order valence-electron chi connectivity index (χ4n) is 1.94. The van der Waals surface area contributed by atoms with Gasteiger partial charge < -0.3 is 15.6 Å². The maximum Gasteiger partial charge on any atom is 0.240 e. The highest BCUT2D eigenvalue weighted by Crippen LogP contribution is 2.31. The minimum Gasteiger partial charge on any atom is -0.504 e. The lowest BCUT2D eigenvalue weighted by atomic mass is 10.1. The van der Waals surface area contributed by atoms with Crippen molar-refractivity contribution in [3.63, 3.8) is 0 Å².